The van der Waals surface area contributed by atoms with Gasteiger partial charge in [0, 0.05) is 66.6 Å². The second kappa shape index (κ2) is 54.2. The highest BCUT2D eigenvalue weighted by atomic mass is 19.4. The zero-order valence-corrected chi connectivity index (χ0v) is 84.0. The van der Waals surface area contributed by atoms with Gasteiger partial charge in [-0.1, -0.05) is 94.8 Å². The molecule has 0 spiro atoms. The van der Waals surface area contributed by atoms with Gasteiger partial charge in [0.15, 0.2) is 11.5 Å². The zero-order chi connectivity index (χ0) is 105. The lowest BCUT2D eigenvalue weighted by atomic mass is 9.65. The number of alkyl halides is 12. The Kier molecular flexibility index (Phi) is 43.8. The summed E-state index contributed by atoms with van der Waals surface area (Å²) < 4.78 is 188. The number of rotatable bonds is 25. The van der Waals surface area contributed by atoms with Crippen LogP contribution in [-0.4, -0.2) is 169 Å². The lowest BCUT2D eigenvalue weighted by Crippen LogP contribution is -2.37. The number of allylic oxidation sites excluding steroid dienone is 4. The molecule has 7 aliphatic carbocycles. The van der Waals surface area contributed by atoms with Crippen molar-refractivity contribution in [1.29, 1.82) is 0 Å². The summed E-state index contributed by atoms with van der Waals surface area (Å²) >= 11 is 0. The van der Waals surface area contributed by atoms with Gasteiger partial charge >= 0.3 is 48.3 Å². The number of fused-ring (bicyclic) bond motifs is 7. The van der Waals surface area contributed by atoms with Crippen LogP contribution in [0, 0.1) is 10.8 Å². The fourth-order valence-corrected chi connectivity index (χ4v) is 18.6. The fraction of sp³-hybridized carbons (Fsp3) is 0.477. The molecule has 143 heavy (non-hydrogen) atoms. The first kappa shape index (κ1) is 116. The topological polar surface area (TPSA) is 278 Å². The number of halogens is 12. The molecule has 780 valence electrons. The maximum atomic E-state index is 12.2. The Labute approximate surface area is 829 Å². The van der Waals surface area contributed by atoms with Crippen molar-refractivity contribution in [3.05, 3.63) is 224 Å². The fourth-order valence-electron chi connectivity index (χ4n) is 18.6. The van der Waals surface area contributed by atoms with Crippen LogP contribution in [0.4, 0.5) is 52.7 Å². The van der Waals surface area contributed by atoms with Gasteiger partial charge in [-0.15, -0.1) is 0 Å². The molecule has 14 rings (SSSR count). The molecule has 0 fully saturated rings. The van der Waals surface area contributed by atoms with E-state index in [4.69, 9.17) is 37.9 Å². The van der Waals surface area contributed by atoms with Crippen molar-refractivity contribution in [1.82, 2.24) is 37.2 Å². The number of benzene rings is 7. The van der Waals surface area contributed by atoms with Gasteiger partial charge in [0.2, 0.25) is 17.7 Å². The van der Waals surface area contributed by atoms with Crippen LogP contribution in [-0.2, 0) is 78.5 Å². The molecular formula is C109H135F12N7O15. The zero-order valence-electron chi connectivity index (χ0n) is 84.0. The summed E-state index contributed by atoms with van der Waals surface area (Å²) in [4.78, 5) is 76.1. The van der Waals surface area contributed by atoms with E-state index in [0.717, 1.165) is 195 Å². The van der Waals surface area contributed by atoms with Gasteiger partial charge in [-0.2, -0.15) is 52.7 Å². The molecule has 0 bridgehead atoms. The monoisotopic (exact) mass is 2010 g/mol. The third-order valence-electron chi connectivity index (χ3n) is 26.4. The highest BCUT2D eigenvalue weighted by Crippen LogP contribution is 2.50. The minimum atomic E-state index is -4.84. The maximum Gasteiger partial charge on any atom is 0.471 e. The highest BCUT2D eigenvalue weighted by Gasteiger charge is 2.43. The van der Waals surface area contributed by atoms with Gasteiger partial charge in [0.1, 0.15) is 34.5 Å². The van der Waals surface area contributed by atoms with Gasteiger partial charge in [0.05, 0.1) is 56.9 Å². The van der Waals surface area contributed by atoms with Gasteiger partial charge in [0.25, 0.3) is 0 Å². The molecule has 7 amide bonds. The Morgan fingerprint density at radius 1 is 0.315 bits per heavy atom. The van der Waals surface area contributed by atoms with Gasteiger partial charge in [-0.05, 0) is 342 Å². The molecule has 0 aromatic heterocycles. The lowest BCUT2D eigenvalue weighted by Gasteiger charge is -2.40. The summed E-state index contributed by atoms with van der Waals surface area (Å²) in [6.45, 7) is 15.5. The van der Waals surface area contributed by atoms with E-state index in [1.807, 2.05) is 106 Å². The number of nitrogens with one attached hydrogen (secondary N) is 7. The minimum Gasteiger partial charge on any atom is -0.497 e. The lowest BCUT2D eigenvalue weighted by molar-refractivity contribution is -0.173. The van der Waals surface area contributed by atoms with Crippen molar-refractivity contribution in [3.63, 3.8) is 0 Å². The number of aryl methyl sites for hydroxylation is 7. The van der Waals surface area contributed by atoms with Crippen LogP contribution >= 0.6 is 0 Å². The quantitative estimate of drug-likeness (QED) is 0.0207. The van der Waals surface area contributed by atoms with Crippen LogP contribution in [0.15, 0.2) is 146 Å². The number of hydrogen-bond donors (Lipinski definition) is 7. The molecule has 7 aromatic carbocycles. The molecule has 34 heteroatoms. The third-order valence-corrected chi connectivity index (χ3v) is 26.4. The Bertz CT molecular complexity index is 5620. The highest BCUT2D eigenvalue weighted by molar-refractivity contribution is 5.85. The van der Waals surface area contributed by atoms with Crippen LogP contribution in [0.25, 0.3) is 22.3 Å². The van der Waals surface area contributed by atoms with Crippen LogP contribution in [0.1, 0.15) is 234 Å². The Balaban J connectivity index is 0.000000204. The van der Waals surface area contributed by atoms with E-state index in [-0.39, 0.29) is 66.6 Å². The average molecular weight is 2010 g/mol. The first-order valence-corrected chi connectivity index (χ1v) is 47.9. The molecule has 7 N–H and O–H groups in total. The van der Waals surface area contributed by atoms with Gasteiger partial charge in [-0.25, -0.2) is 0 Å². The summed E-state index contributed by atoms with van der Waals surface area (Å²) in [5.41, 5.74) is 21.7. The second-order valence-corrected chi connectivity index (χ2v) is 36.9. The summed E-state index contributed by atoms with van der Waals surface area (Å²) in [6, 6.07) is 40.0. The number of hydrogen-bond acceptors (Lipinski definition) is 15. The molecular weight excluding hydrogens is 1880 g/mol. The predicted octanol–water partition coefficient (Wildman–Crippen LogP) is 21.2. The van der Waals surface area contributed by atoms with Crippen molar-refractivity contribution in [2.75, 3.05) is 103 Å². The number of ether oxygens (including phenoxy) is 8. The number of amides is 7. The number of carbonyl (C=O) groups is 7. The van der Waals surface area contributed by atoms with E-state index in [1.54, 1.807) is 75.8 Å². The van der Waals surface area contributed by atoms with E-state index in [9.17, 15) is 86.2 Å². The SMILES string of the molecule is COc1cc2c(cc1OC)C(CCNC(=O)C(F)(F)F)CC2.COc1ccc2c(c1)/C(=C/CNC(=O)C(F)(F)F)CC2.COc1ccc2c(c1)/C(=C/CNC(=O)C(F)(F)F)CCCC2.COc1ccc2c(c1)/C(=C/CNC(C)=O)CC2.COc1ccc2c(c1)C(=CCNC(C)=O)C(C)(C)CC2.COc1ccc2c(c1)C(CCNC(=O)C(F)(F)F)CCCC2.COc1ccc2c(c1)C(CCNC(C)=O)C(C)(C)CC2. The molecule has 0 heterocycles. The van der Waals surface area contributed by atoms with Crippen molar-refractivity contribution in [2.45, 2.75) is 226 Å². The maximum absolute atomic E-state index is 12.2. The molecule has 3 atom stereocenters. The number of carbonyl (C=O) groups excluding carboxylic acids is 7. The van der Waals surface area contributed by atoms with Crippen molar-refractivity contribution in [2.24, 2.45) is 10.8 Å². The van der Waals surface area contributed by atoms with E-state index in [0.29, 0.717) is 54.8 Å². The number of methoxy groups -OCH3 is 8. The van der Waals surface area contributed by atoms with E-state index < -0.39 is 48.3 Å². The largest absolute Gasteiger partial charge is 0.497 e. The molecule has 0 saturated carbocycles. The molecule has 22 nitrogen and oxygen atoms in total. The Morgan fingerprint density at radius 3 is 1.09 bits per heavy atom. The van der Waals surface area contributed by atoms with Gasteiger partial charge < -0.3 is 75.1 Å². The van der Waals surface area contributed by atoms with Crippen molar-refractivity contribution >= 4 is 63.6 Å². The van der Waals surface area contributed by atoms with E-state index in [2.05, 4.69) is 92.2 Å². The summed E-state index contributed by atoms with van der Waals surface area (Å²) in [6.07, 6.45) is 7.78. The van der Waals surface area contributed by atoms with Crippen molar-refractivity contribution in [3.8, 4) is 46.0 Å². The van der Waals surface area contributed by atoms with Crippen LogP contribution in [0.5, 0.6) is 46.0 Å². The summed E-state index contributed by atoms with van der Waals surface area (Å²) in [5, 5.41) is 16.1. The molecule has 3 unspecified atom stereocenters. The molecule has 0 saturated heterocycles. The smallest absolute Gasteiger partial charge is 0.471 e. The first-order valence-electron chi connectivity index (χ1n) is 47.9. The first-order chi connectivity index (χ1) is 67.7. The molecule has 7 aromatic rings. The standard InChI is InChI=1S/C17H25NO2.C17H23NO2.C16H20F3NO2.C16H18F3NO2.C15H18F3NO3.C14H14F3NO2.C14H17NO2/c2*1-12(19)18-10-8-16-15-11-14(20-4)6-5-13(15)7-9-17(16,2)3;2*1-22-13-7-6-11-4-2-3-5-12(14(11)10-13)8-9-20-15(21)16(17,18)19;1-21-12-7-10-4-3-9(11(10)8-13(12)22-2)5-6-19-14(20)15(16,17)18;1-20-11-5-4-9-2-3-10(12(9)8-11)6-7-18-13(19)14(15,16)17;1-10(16)15-8-7-12-4-3-11-5-6-13(17-2)9-14(11)12/h5-6,11,16H,7-10H2,1-4H3,(H,18,19);5-6,8,11H,7,9-10H2,1-4H3,(H,18,19);6-7,10,12H,2-5,8-9H2,1H3,(H,20,21);6-8,10H,2-5,9H2,1H3,(H,20,21);7-9H,3-6H2,1-2H3,(H,19,20);4-6,8H,2-3,7H2,1H3,(H,18,19);5-7,9H,3-4,8H2,1-2H3,(H,15,16)/b;;;12-8+;;10-6+;12-7+. The Morgan fingerprint density at radius 2 is 0.650 bits per heavy atom. The predicted molar refractivity (Wildman–Crippen MR) is 528 cm³/mol. The molecule has 0 aliphatic heterocycles. The normalized spacial score (nSPS) is 17.5. The van der Waals surface area contributed by atoms with E-state index >= 15 is 0 Å². The average Bonchev–Trinajstić information content (AvgIpc) is 1.35. The second-order valence-electron chi connectivity index (χ2n) is 36.9. The van der Waals surface area contributed by atoms with Gasteiger partial charge in [-0.3, -0.25) is 33.6 Å². The van der Waals surface area contributed by atoms with Crippen LogP contribution < -0.4 is 75.1 Å². The van der Waals surface area contributed by atoms with Crippen LogP contribution in [0.2, 0.25) is 0 Å². The van der Waals surface area contributed by atoms with E-state index in [1.165, 1.54) is 70.5 Å². The minimum absolute atomic E-state index is 0.00123. The summed E-state index contributed by atoms with van der Waals surface area (Å²) in [5.74, 6) is -0.693. The summed E-state index contributed by atoms with van der Waals surface area (Å²) in [7, 11) is 12.9. The molecule has 0 radical (unpaired) electrons. The third kappa shape index (κ3) is 35.1. The van der Waals surface area contributed by atoms with Crippen LogP contribution in [0.3, 0.4) is 0 Å². The molecule has 7 aliphatic rings. The van der Waals surface area contributed by atoms with Crippen molar-refractivity contribution < 1.29 is 124 Å². The Hall–Kier alpha value is -12.7.